The number of thioether (sulfide) groups is 1. The minimum absolute atomic E-state index is 0.0493. The van der Waals surface area contributed by atoms with Crippen molar-refractivity contribution in [3.05, 3.63) is 24.3 Å². The molecule has 1 aromatic carbocycles. The number of hydrogen-bond acceptors (Lipinski definition) is 5. The molecule has 20 heavy (non-hydrogen) atoms. The number of aromatic nitrogens is 1. The molecule has 2 unspecified atom stereocenters. The molecule has 0 aliphatic carbocycles. The summed E-state index contributed by atoms with van der Waals surface area (Å²) in [4.78, 5) is 16.0. The van der Waals surface area contributed by atoms with Crippen molar-refractivity contribution >= 4 is 28.8 Å². The van der Waals surface area contributed by atoms with Gasteiger partial charge in [-0.05, 0) is 32.4 Å². The second-order valence-corrected chi connectivity index (χ2v) is 5.72. The van der Waals surface area contributed by atoms with Crippen molar-refractivity contribution in [3.63, 3.8) is 0 Å². The molecule has 6 heteroatoms. The van der Waals surface area contributed by atoms with Gasteiger partial charge in [0.25, 0.3) is 5.22 Å². The van der Waals surface area contributed by atoms with E-state index in [2.05, 4.69) is 10.3 Å². The molecule has 1 aromatic heterocycles. The Kier molecular flexibility index (Phi) is 5.03. The van der Waals surface area contributed by atoms with E-state index in [0.29, 0.717) is 11.6 Å². The summed E-state index contributed by atoms with van der Waals surface area (Å²) in [5, 5.41) is 12.6. The number of benzene rings is 1. The van der Waals surface area contributed by atoms with E-state index in [9.17, 15) is 9.90 Å². The van der Waals surface area contributed by atoms with Crippen LogP contribution in [-0.2, 0) is 4.79 Å². The number of amides is 1. The number of para-hydroxylation sites is 2. The van der Waals surface area contributed by atoms with E-state index in [4.69, 9.17) is 4.42 Å². The van der Waals surface area contributed by atoms with Gasteiger partial charge in [0.2, 0.25) is 5.91 Å². The summed E-state index contributed by atoms with van der Waals surface area (Å²) >= 11 is 1.26. The van der Waals surface area contributed by atoms with E-state index >= 15 is 0 Å². The third-order valence-electron chi connectivity index (χ3n) is 2.70. The van der Waals surface area contributed by atoms with Crippen LogP contribution in [0.2, 0.25) is 0 Å². The van der Waals surface area contributed by atoms with Crippen molar-refractivity contribution in [3.8, 4) is 0 Å². The van der Waals surface area contributed by atoms with Crippen molar-refractivity contribution in [2.75, 3.05) is 5.75 Å². The molecule has 0 aliphatic rings. The van der Waals surface area contributed by atoms with Crippen LogP contribution in [-0.4, -0.2) is 33.9 Å². The third kappa shape index (κ3) is 4.25. The van der Waals surface area contributed by atoms with Crippen molar-refractivity contribution < 1.29 is 14.3 Å². The first-order valence-corrected chi connectivity index (χ1v) is 7.49. The molecule has 2 rings (SSSR count). The summed E-state index contributed by atoms with van der Waals surface area (Å²) in [6.07, 6.45) is 0.120. The molecule has 108 valence electrons. The highest BCUT2D eigenvalue weighted by atomic mass is 32.2. The summed E-state index contributed by atoms with van der Waals surface area (Å²) in [5.41, 5.74) is 1.51. The summed E-state index contributed by atoms with van der Waals surface area (Å²) in [5.74, 6) is 0.155. The number of hydrogen-bond donors (Lipinski definition) is 2. The Hall–Kier alpha value is -1.53. The molecule has 2 atom stereocenters. The monoisotopic (exact) mass is 294 g/mol. The van der Waals surface area contributed by atoms with Crippen molar-refractivity contribution in [2.24, 2.45) is 0 Å². The molecule has 0 aliphatic heterocycles. The molecule has 0 saturated carbocycles. The van der Waals surface area contributed by atoms with E-state index in [1.165, 1.54) is 11.8 Å². The van der Waals surface area contributed by atoms with Gasteiger partial charge in [0.05, 0.1) is 11.9 Å². The van der Waals surface area contributed by atoms with E-state index in [-0.39, 0.29) is 17.7 Å². The minimum Gasteiger partial charge on any atom is -0.431 e. The summed E-state index contributed by atoms with van der Waals surface area (Å²) in [6, 6.07) is 7.44. The van der Waals surface area contributed by atoms with Crippen LogP contribution in [0.4, 0.5) is 0 Å². The fourth-order valence-corrected chi connectivity index (χ4v) is 2.58. The largest absolute Gasteiger partial charge is 0.431 e. The van der Waals surface area contributed by atoms with Gasteiger partial charge in [-0.3, -0.25) is 4.79 Å². The van der Waals surface area contributed by atoms with E-state index in [0.717, 1.165) is 11.1 Å². The molecule has 0 saturated heterocycles. The first kappa shape index (κ1) is 14.9. The normalized spacial score (nSPS) is 14.2. The molecular formula is C14H18N2O3S. The molecule has 5 nitrogen and oxygen atoms in total. The van der Waals surface area contributed by atoms with Gasteiger partial charge in [-0.1, -0.05) is 23.9 Å². The van der Waals surface area contributed by atoms with Crippen LogP contribution in [0.5, 0.6) is 0 Å². The van der Waals surface area contributed by atoms with Gasteiger partial charge in [0.15, 0.2) is 5.58 Å². The van der Waals surface area contributed by atoms with Crippen molar-refractivity contribution in [2.45, 2.75) is 37.6 Å². The Morgan fingerprint density at radius 1 is 1.45 bits per heavy atom. The zero-order valence-corrected chi connectivity index (χ0v) is 12.3. The Morgan fingerprint density at radius 3 is 2.90 bits per heavy atom. The smallest absolute Gasteiger partial charge is 0.257 e. The zero-order valence-electron chi connectivity index (χ0n) is 11.5. The summed E-state index contributed by atoms with van der Waals surface area (Å²) in [7, 11) is 0. The Labute approximate surface area is 121 Å². The fourth-order valence-electron chi connectivity index (χ4n) is 1.93. The average molecular weight is 294 g/mol. The maximum absolute atomic E-state index is 11.7. The number of aliphatic hydroxyl groups is 1. The van der Waals surface area contributed by atoms with Crippen LogP contribution >= 0.6 is 11.8 Å². The van der Waals surface area contributed by atoms with Crippen LogP contribution in [0.15, 0.2) is 33.9 Å². The molecule has 1 amide bonds. The zero-order chi connectivity index (χ0) is 14.5. The van der Waals surface area contributed by atoms with Crippen LogP contribution in [0.1, 0.15) is 20.3 Å². The molecule has 0 fully saturated rings. The first-order chi connectivity index (χ1) is 9.54. The van der Waals surface area contributed by atoms with Gasteiger partial charge in [0, 0.05) is 6.04 Å². The quantitative estimate of drug-likeness (QED) is 0.799. The number of rotatable bonds is 6. The molecular weight excluding hydrogens is 276 g/mol. The maximum atomic E-state index is 11.7. The topological polar surface area (TPSA) is 75.4 Å². The number of carbonyl (C=O) groups excluding carboxylic acids is 1. The first-order valence-electron chi connectivity index (χ1n) is 6.50. The third-order valence-corrected chi connectivity index (χ3v) is 3.53. The number of carbonyl (C=O) groups is 1. The van der Waals surface area contributed by atoms with Gasteiger partial charge in [-0.2, -0.15) is 0 Å². The molecule has 0 spiro atoms. The second kappa shape index (κ2) is 6.76. The lowest BCUT2D eigenvalue weighted by Crippen LogP contribution is -2.35. The predicted octanol–water partition coefficient (Wildman–Crippen LogP) is 2.20. The fraction of sp³-hybridized carbons (Fsp3) is 0.429. The van der Waals surface area contributed by atoms with Gasteiger partial charge in [-0.25, -0.2) is 4.98 Å². The number of nitrogens with one attached hydrogen (secondary N) is 1. The lowest BCUT2D eigenvalue weighted by atomic mass is 10.1. The number of oxazole rings is 1. The van der Waals surface area contributed by atoms with Crippen molar-refractivity contribution in [1.82, 2.24) is 10.3 Å². The molecule has 2 aromatic rings. The van der Waals surface area contributed by atoms with Gasteiger partial charge in [-0.15, -0.1) is 0 Å². The lowest BCUT2D eigenvalue weighted by Gasteiger charge is -2.14. The number of aliphatic hydroxyl groups excluding tert-OH is 1. The highest BCUT2D eigenvalue weighted by molar-refractivity contribution is 7.99. The van der Waals surface area contributed by atoms with Crippen LogP contribution in [0.25, 0.3) is 11.1 Å². The van der Waals surface area contributed by atoms with Crippen LogP contribution in [0.3, 0.4) is 0 Å². The Morgan fingerprint density at radius 2 is 2.20 bits per heavy atom. The lowest BCUT2D eigenvalue weighted by molar-refractivity contribution is -0.119. The Bertz CT molecular complexity index is 550. The Balaban J connectivity index is 1.84. The molecule has 1 heterocycles. The highest BCUT2D eigenvalue weighted by Gasteiger charge is 2.12. The highest BCUT2D eigenvalue weighted by Crippen LogP contribution is 2.22. The van der Waals surface area contributed by atoms with Gasteiger partial charge < -0.3 is 14.8 Å². The van der Waals surface area contributed by atoms with E-state index in [1.54, 1.807) is 6.92 Å². The SMILES string of the molecule is CC(O)CC(C)NC(=O)CSc1nc2ccccc2o1. The van der Waals surface area contributed by atoms with E-state index in [1.807, 2.05) is 31.2 Å². The number of fused-ring (bicyclic) bond motifs is 1. The molecule has 0 radical (unpaired) electrons. The van der Waals surface area contributed by atoms with Gasteiger partial charge >= 0.3 is 0 Å². The van der Waals surface area contributed by atoms with E-state index < -0.39 is 6.10 Å². The van der Waals surface area contributed by atoms with Crippen LogP contribution in [0, 0.1) is 0 Å². The average Bonchev–Trinajstić information content (AvgIpc) is 2.77. The second-order valence-electron chi connectivity index (χ2n) is 4.79. The maximum Gasteiger partial charge on any atom is 0.257 e. The summed E-state index contributed by atoms with van der Waals surface area (Å²) in [6.45, 7) is 3.57. The molecule has 2 N–H and O–H groups in total. The molecule has 0 bridgehead atoms. The van der Waals surface area contributed by atoms with Crippen LogP contribution < -0.4 is 5.32 Å². The van der Waals surface area contributed by atoms with Crippen molar-refractivity contribution in [1.29, 1.82) is 0 Å². The minimum atomic E-state index is -0.421. The standard InChI is InChI=1S/C14H18N2O3S/c1-9(7-10(2)17)15-13(18)8-20-14-16-11-5-3-4-6-12(11)19-14/h3-6,9-10,17H,7-8H2,1-2H3,(H,15,18). The summed E-state index contributed by atoms with van der Waals surface area (Å²) < 4.78 is 5.52. The predicted molar refractivity (Wildman–Crippen MR) is 78.6 cm³/mol. The van der Waals surface area contributed by atoms with Gasteiger partial charge in [0.1, 0.15) is 5.52 Å². The number of nitrogens with zero attached hydrogens (tertiary/aromatic N) is 1.